The molecule has 1 atom stereocenters. The van der Waals surface area contributed by atoms with Crippen molar-refractivity contribution in [2.75, 3.05) is 0 Å². The Labute approximate surface area is 76.5 Å². The molecule has 0 bridgehead atoms. The average Bonchev–Trinajstić information content (AvgIpc) is 2.16. The van der Waals surface area contributed by atoms with Crippen LogP contribution in [0.4, 0.5) is 0 Å². The van der Waals surface area contributed by atoms with Gasteiger partial charge < -0.3 is 5.11 Å². The summed E-state index contributed by atoms with van der Waals surface area (Å²) in [6.45, 7) is 0. The third-order valence-corrected chi connectivity index (χ3v) is 1.75. The second kappa shape index (κ2) is 4.13. The molecule has 1 rings (SSSR count). The molecule has 0 aliphatic heterocycles. The highest BCUT2D eigenvalue weighted by molar-refractivity contribution is 5.31. The van der Waals surface area contributed by atoms with Crippen molar-refractivity contribution in [1.82, 2.24) is 0 Å². The summed E-state index contributed by atoms with van der Waals surface area (Å²) in [7, 11) is 0. The number of aromatic hydroxyl groups is 1. The van der Waals surface area contributed by atoms with E-state index in [1.165, 1.54) is 12.1 Å². The fourth-order valence-electron chi connectivity index (χ4n) is 1.04. The van der Waals surface area contributed by atoms with Gasteiger partial charge in [-0.1, -0.05) is 12.1 Å². The predicted molar refractivity (Wildman–Crippen MR) is 46.7 cm³/mol. The van der Waals surface area contributed by atoms with Gasteiger partial charge in [0.15, 0.2) is 0 Å². The van der Waals surface area contributed by atoms with E-state index in [-0.39, 0.29) is 12.2 Å². The van der Waals surface area contributed by atoms with Crippen LogP contribution in [-0.4, -0.2) is 5.11 Å². The minimum Gasteiger partial charge on any atom is -0.508 e. The second-order valence-electron chi connectivity index (χ2n) is 2.64. The monoisotopic (exact) mass is 172 g/mol. The number of nitrogens with zero attached hydrogens (tertiary/aromatic N) is 2. The smallest absolute Gasteiger partial charge is 0.115 e. The van der Waals surface area contributed by atoms with Crippen molar-refractivity contribution in [3.63, 3.8) is 0 Å². The van der Waals surface area contributed by atoms with Crippen LogP contribution in [0.15, 0.2) is 24.3 Å². The molecule has 0 spiro atoms. The van der Waals surface area contributed by atoms with Crippen molar-refractivity contribution in [2.45, 2.75) is 12.3 Å². The largest absolute Gasteiger partial charge is 0.508 e. The van der Waals surface area contributed by atoms with E-state index < -0.39 is 5.92 Å². The molecule has 0 heterocycles. The Kier molecular flexibility index (Phi) is 2.89. The summed E-state index contributed by atoms with van der Waals surface area (Å²) in [6, 6.07) is 10.3. The Morgan fingerprint density at radius 1 is 1.23 bits per heavy atom. The number of phenolic OH excluding ortho intramolecular Hbond substituents is 1. The van der Waals surface area contributed by atoms with E-state index in [0.29, 0.717) is 0 Å². The molecule has 0 radical (unpaired) electrons. The van der Waals surface area contributed by atoms with Gasteiger partial charge in [0.25, 0.3) is 0 Å². The Bertz CT molecular complexity index is 356. The van der Waals surface area contributed by atoms with Gasteiger partial charge in [-0.15, -0.1) is 0 Å². The van der Waals surface area contributed by atoms with Crippen LogP contribution in [0, 0.1) is 22.7 Å². The van der Waals surface area contributed by atoms with Crippen molar-refractivity contribution in [2.24, 2.45) is 0 Å². The maximum absolute atomic E-state index is 8.99. The lowest BCUT2D eigenvalue weighted by Gasteiger charge is -2.03. The van der Waals surface area contributed by atoms with Crippen molar-refractivity contribution in [1.29, 1.82) is 10.5 Å². The van der Waals surface area contributed by atoms with E-state index in [0.717, 1.165) is 5.56 Å². The van der Waals surface area contributed by atoms with E-state index >= 15 is 0 Å². The molecule has 3 heteroatoms. The zero-order valence-corrected chi connectivity index (χ0v) is 6.94. The summed E-state index contributed by atoms with van der Waals surface area (Å²) >= 11 is 0. The van der Waals surface area contributed by atoms with Crippen molar-refractivity contribution < 1.29 is 5.11 Å². The summed E-state index contributed by atoms with van der Waals surface area (Å²) in [6.07, 6.45) is 0.182. The summed E-state index contributed by atoms with van der Waals surface area (Å²) in [5.41, 5.74) is 0.766. The maximum atomic E-state index is 8.99. The highest BCUT2D eigenvalue weighted by Gasteiger charge is 2.08. The SMILES string of the molecule is N#CCC(C#N)c1ccc(O)cc1. The van der Waals surface area contributed by atoms with Crippen molar-refractivity contribution in [3.8, 4) is 17.9 Å². The number of hydrogen-bond donors (Lipinski definition) is 1. The molecule has 0 aliphatic carbocycles. The number of phenols is 1. The third-order valence-electron chi connectivity index (χ3n) is 1.75. The molecule has 0 saturated heterocycles. The Balaban J connectivity index is 2.89. The minimum absolute atomic E-state index is 0.164. The Morgan fingerprint density at radius 3 is 2.31 bits per heavy atom. The van der Waals surface area contributed by atoms with Crippen molar-refractivity contribution >= 4 is 0 Å². The van der Waals surface area contributed by atoms with Gasteiger partial charge in [-0.2, -0.15) is 10.5 Å². The topological polar surface area (TPSA) is 67.8 Å². The first kappa shape index (κ1) is 9.09. The molecule has 1 aromatic rings. The van der Waals surface area contributed by atoms with Crippen LogP contribution in [0.2, 0.25) is 0 Å². The molecule has 1 unspecified atom stereocenters. The van der Waals surface area contributed by atoms with Gasteiger partial charge in [0, 0.05) is 0 Å². The summed E-state index contributed by atoms with van der Waals surface area (Å²) < 4.78 is 0. The van der Waals surface area contributed by atoms with E-state index in [4.69, 9.17) is 15.6 Å². The Morgan fingerprint density at radius 2 is 1.85 bits per heavy atom. The molecule has 0 fully saturated rings. The van der Waals surface area contributed by atoms with Gasteiger partial charge in [0.2, 0.25) is 0 Å². The van der Waals surface area contributed by atoms with E-state index in [9.17, 15) is 0 Å². The first-order chi connectivity index (χ1) is 6.27. The van der Waals surface area contributed by atoms with Crippen LogP contribution >= 0.6 is 0 Å². The van der Waals surface area contributed by atoms with E-state index in [1.807, 2.05) is 12.1 Å². The number of rotatable bonds is 2. The molecule has 3 nitrogen and oxygen atoms in total. The molecule has 13 heavy (non-hydrogen) atoms. The molecular weight excluding hydrogens is 164 g/mol. The number of hydrogen-bond acceptors (Lipinski definition) is 3. The van der Waals surface area contributed by atoms with Crippen LogP contribution in [0.5, 0.6) is 5.75 Å². The molecule has 0 saturated carbocycles. The fourth-order valence-corrected chi connectivity index (χ4v) is 1.04. The third kappa shape index (κ3) is 2.21. The van der Waals surface area contributed by atoms with Gasteiger partial charge in [0.05, 0.1) is 24.5 Å². The highest BCUT2D eigenvalue weighted by atomic mass is 16.3. The quantitative estimate of drug-likeness (QED) is 0.740. The molecule has 1 aromatic carbocycles. The standard InChI is InChI=1S/C10H8N2O/c11-6-5-9(7-12)8-1-3-10(13)4-2-8/h1-4,9,13H,5H2. The normalized spacial score (nSPS) is 11.2. The lowest BCUT2D eigenvalue weighted by Crippen LogP contribution is -1.93. The second-order valence-corrected chi connectivity index (χ2v) is 2.64. The molecule has 0 aromatic heterocycles. The fraction of sp³-hybridized carbons (Fsp3) is 0.200. The van der Waals surface area contributed by atoms with Gasteiger partial charge >= 0.3 is 0 Å². The van der Waals surface area contributed by atoms with Crippen LogP contribution < -0.4 is 0 Å². The highest BCUT2D eigenvalue weighted by Crippen LogP contribution is 2.20. The van der Waals surface area contributed by atoms with Crippen LogP contribution in [0.3, 0.4) is 0 Å². The van der Waals surface area contributed by atoms with E-state index in [2.05, 4.69) is 0 Å². The number of nitriles is 2. The van der Waals surface area contributed by atoms with Crippen LogP contribution in [0.1, 0.15) is 17.9 Å². The molecule has 1 N–H and O–H groups in total. The lowest BCUT2D eigenvalue weighted by molar-refractivity contribution is 0.475. The molecule has 0 aliphatic rings. The summed E-state index contributed by atoms with van der Waals surface area (Å²) in [5.74, 6) is -0.233. The molecule has 64 valence electrons. The van der Waals surface area contributed by atoms with Gasteiger partial charge in [-0.25, -0.2) is 0 Å². The van der Waals surface area contributed by atoms with Crippen molar-refractivity contribution in [3.05, 3.63) is 29.8 Å². The zero-order chi connectivity index (χ0) is 9.68. The summed E-state index contributed by atoms with van der Waals surface area (Å²) in [4.78, 5) is 0. The lowest BCUT2D eigenvalue weighted by atomic mass is 9.98. The van der Waals surface area contributed by atoms with Crippen LogP contribution in [-0.2, 0) is 0 Å². The summed E-state index contributed by atoms with van der Waals surface area (Å²) in [5, 5.41) is 26.1. The minimum atomic E-state index is -0.398. The van der Waals surface area contributed by atoms with Crippen LogP contribution in [0.25, 0.3) is 0 Å². The van der Waals surface area contributed by atoms with Gasteiger partial charge in [0.1, 0.15) is 5.75 Å². The van der Waals surface area contributed by atoms with Gasteiger partial charge in [-0.05, 0) is 17.7 Å². The molecule has 0 amide bonds. The first-order valence-electron chi connectivity index (χ1n) is 3.83. The number of benzene rings is 1. The van der Waals surface area contributed by atoms with Gasteiger partial charge in [-0.3, -0.25) is 0 Å². The maximum Gasteiger partial charge on any atom is 0.115 e. The molecular formula is C10H8N2O. The average molecular weight is 172 g/mol. The van der Waals surface area contributed by atoms with E-state index in [1.54, 1.807) is 12.1 Å². The Hall–Kier alpha value is -2.00. The first-order valence-corrected chi connectivity index (χ1v) is 3.83. The zero-order valence-electron chi connectivity index (χ0n) is 6.94. The predicted octanol–water partition coefficient (Wildman–Crippen LogP) is 1.91.